The van der Waals surface area contributed by atoms with Crippen molar-refractivity contribution in [2.75, 3.05) is 0 Å². The molecule has 110 valence electrons. The van der Waals surface area contributed by atoms with Gasteiger partial charge in [-0.05, 0) is 17.7 Å². The van der Waals surface area contributed by atoms with Crippen molar-refractivity contribution in [3.63, 3.8) is 0 Å². The average molecular weight is 378 g/mol. The first-order chi connectivity index (χ1) is 10.6. The highest BCUT2D eigenvalue weighted by Crippen LogP contribution is 2.19. The zero-order valence-electron chi connectivity index (χ0n) is 11.3. The molecule has 0 bridgehead atoms. The summed E-state index contributed by atoms with van der Waals surface area (Å²) < 4.78 is 2.63. The third-order valence-electron chi connectivity index (χ3n) is 2.99. The summed E-state index contributed by atoms with van der Waals surface area (Å²) in [6.45, 7) is 0.526. The van der Waals surface area contributed by atoms with Crippen LogP contribution in [0.1, 0.15) is 21.6 Å². The predicted molar refractivity (Wildman–Crippen MR) is 85.9 cm³/mol. The summed E-state index contributed by atoms with van der Waals surface area (Å²) in [5, 5.41) is 4.58. The van der Waals surface area contributed by atoms with Gasteiger partial charge in [0.1, 0.15) is 6.33 Å². The fraction of sp³-hybridized carbons (Fsp3) is 0.0667. The minimum atomic E-state index is -0.293. The first kappa shape index (κ1) is 14.9. The number of hydrogen-bond donors (Lipinski definition) is 0. The van der Waals surface area contributed by atoms with E-state index in [1.54, 1.807) is 10.9 Å². The highest BCUT2D eigenvalue weighted by molar-refractivity contribution is 9.10. The van der Waals surface area contributed by atoms with Crippen LogP contribution in [0.15, 0.2) is 53.7 Å². The SMILES string of the molecule is O=C(c1cncnc1)c1nn(Cc2cccc(Br)c2)cc1Cl. The molecule has 0 spiro atoms. The summed E-state index contributed by atoms with van der Waals surface area (Å²) in [5.74, 6) is -0.293. The van der Waals surface area contributed by atoms with Crippen molar-refractivity contribution in [1.82, 2.24) is 19.7 Å². The third kappa shape index (κ3) is 3.23. The second kappa shape index (κ2) is 6.37. The van der Waals surface area contributed by atoms with Crippen molar-refractivity contribution < 1.29 is 4.79 Å². The lowest BCUT2D eigenvalue weighted by Crippen LogP contribution is -2.06. The zero-order chi connectivity index (χ0) is 15.5. The fourth-order valence-electron chi connectivity index (χ4n) is 2.01. The maximum Gasteiger partial charge on any atom is 0.217 e. The lowest BCUT2D eigenvalue weighted by molar-refractivity contribution is 0.103. The van der Waals surface area contributed by atoms with E-state index in [0.717, 1.165) is 10.0 Å². The second-order valence-electron chi connectivity index (χ2n) is 4.61. The molecule has 7 heteroatoms. The van der Waals surface area contributed by atoms with Gasteiger partial charge in [0.15, 0.2) is 5.69 Å². The van der Waals surface area contributed by atoms with Gasteiger partial charge in [-0.3, -0.25) is 9.48 Å². The Balaban J connectivity index is 1.86. The number of rotatable bonds is 4. The van der Waals surface area contributed by atoms with Crippen LogP contribution >= 0.6 is 27.5 Å². The quantitative estimate of drug-likeness (QED) is 0.654. The summed E-state index contributed by atoms with van der Waals surface area (Å²) in [7, 11) is 0. The molecule has 0 aliphatic rings. The summed E-state index contributed by atoms with van der Waals surface area (Å²) in [6.07, 6.45) is 5.89. The van der Waals surface area contributed by atoms with Crippen LogP contribution < -0.4 is 0 Å². The van der Waals surface area contributed by atoms with Crippen LogP contribution in [0.4, 0.5) is 0 Å². The Morgan fingerprint density at radius 2 is 2.05 bits per heavy atom. The number of hydrogen-bond acceptors (Lipinski definition) is 4. The Morgan fingerprint density at radius 3 is 2.77 bits per heavy atom. The van der Waals surface area contributed by atoms with Gasteiger partial charge in [0.25, 0.3) is 0 Å². The highest BCUT2D eigenvalue weighted by atomic mass is 79.9. The van der Waals surface area contributed by atoms with E-state index in [9.17, 15) is 4.79 Å². The van der Waals surface area contributed by atoms with Crippen molar-refractivity contribution in [3.05, 3.63) is 75.5 Å². The Kier molecular flexibility index (Phi) is 4.31. The van der Waals surface area contributed by atoms with Gasteiger partial charge in [0.2, 0.25) is 5.78 Å². The number of nitrogens with zero attached hydrogens (tertiary/aromatic N) is 4. The normalized spacial score (nSPS) is 10.6. The Bertz CT molecular complexity index is 819. The van der Waals surface area contributed by atoms with Crippen LogP contribution in [0.5, 0.6) is 0 Å². The molecule has 0 unspecified atom stereocenters. The zero-order valence-corrected chi connectivity index (χ0v) is 13.6. The molecule has 0 aliphatic heterocycles. The topological polar surface area (TPSA) is 60.7 Å². The van der Waals surface area contributed by atoms with Crippen molar-refractivity contribution in [1.29, 1.82) is 0 Å². The number of carbonyl (C=O) groups is 1. The molecule has 0 saturated heterocycles. The Morgan fingerprint density at radius 1 is 1.27 bits per heavy atom. The summed E-state index contributed by atoms with van der Waals surface area (Å²) in [6, 6.07) is 7.86. The Labute approximate surface area is 140 Å². The largest absolute Gasteiger partial charge is 0.287 e. The molecule has 2 heterocycles. The molecule has 0 aliphatic carbocycles. The lowest BCUT2D eigenvalue weighted by atomic mass is 10.2. The number of benzene rings is 1. The van der Waals surface area contributed by atoms with Crippen LogP contribution in [0.3, 0.4) is 0 Å². The van der Waals surface area contributed by atoms with Crippen molar-refractivity contribution in [2.24, 2.45) is 0 Å². The van der Waals surface area contributed by atoms with E-state index in [-0.39, 0.29) is 11.5 Å². The number of carbonyl (C=O) groups excluding carboxylic acids is 1. The molecule has 22 heavy (non-hydrogen) atoms. The molecule has 3 aromatic rings. The number of halogens is 2. The molecule has 5 nitrogen and oxygen atoms in total. The molecular weight excluding hydrogens is 368 g/mol. The molecule has 3 rings (SSSR count). The minimum Gasteiger partial charge on any atom is -0.287 e. The minimum absolute atomic E-state index is 0.200. The first-order valence-electron chi connectivity index (χ1n) is 6.40. The Hall–Kier alpha value is -2.05. The van der Waals surface area contributed by atoms with Crippen molar-refractivity contribution in [2.45, 2.75) is 6.54 Å². The summed E-state index contributed by atoms with van der Waals surface area (Å²) >= 11 is 9.56. The second-order valence-corrected chi connectivity index (χ2v) is 5.93. The van der Waals surface area contributed by atoms with E-state index in [2.05, 4.69) is 31.0 Å². The van der Waals surface area contributed by atoms with Crippen LogP contribution in [0.25, 0.3) is 0 Å². The van der Waals surface area contributed by atoms with Gasteiger partial charge in [0, 0.05) is 23.1 Å². The van der Waals surface area contributed by atoms with E-state index in [4.69, 9.17) is 11.6 Å². The molecule has 2 aromatic heterocycles. The van der Waals surface area contributed by atoms with E-state index in [0.29, 0.717) is 17.1 Å². The molecule has 0 radical (unpaired) electrons. The van der Waals surface area contributed by atoms with Crippen LogP contribution in [-0.4, -0.2) is 25.5 Å². The van der Waals surface area contributed by atoms with Crippen LogP contribution in [0, 0.1) is 0 Å². The average Bonchev–Trinajstić information content (AvgIpc) is 2.88. The highest BCUT2D eigenvalue weighted by Gasteiger charge is 2.18. The van der Waals surface area contributed by atoms with Crippen molar-refractivity contribution in [3.8, 4) is 0 Å². The smallest absolute Gasteiger partial charge is 0.217 e. The molecule has 0 saturated carbocycles. The van der Waals surface area contributed by atoms with Crippen LogP contribution in [-0.2, 0) is 6.54 Å². The van der Waals surface area contributed by atoms with E-state index in [1.807, 2.05) is 24.3 Å². The maximum absolute atomic E-state index is 12.3. The molecule has 1 aromatic carbocycles. The molecule has 0 atom stereocenters. The van der Waals surface area contributed by atoms with E-state index in [1.165, 1.54) is 18.7 Å². The fourth-order valence-corrected chi connectivity index (χ4v) is 2.69. The van der Waals surface area contributed by atoms with Gasteiger partial charge >= 0.3 is 0 Å². The lowest BCUT2D eigenvalue weighted by Gasteiger charge is -2.02. The summed E-state index contributed by atoms with van der Waals surface area (Å²) in [4.78, 5) is 20.0. The molecule has 0 fully saturated rings. The standard InChI is InChI=1S/C15H10BrClN4O/c16-12-3-1-2-10(4-12)7-21-8-13(17)14(20-21)15(22)11-5-18-9-19-6-11/h1-6,8-9H,7H2. The van der Waals surface area contributed by atoms with E-state index < -0.39 is 0 Å². The van der Waals surface area contributed by atoms with Gasteiger partial charge in [-0.2, -0.15) is 5.10 Å². The first-order valence-corrected chi connectivity index (χ1v) is 7.57. The van der Waals surface area contributed by atoms with Crippen LogP contribution in [0.2, 0.25) is 5.02 Å². The molecule has 0 N–H and O–H groups in total. The molecule has 0 amide bonds. The van der Waals surface area contributed by atoms with Gasteiger partial charge in [-0.15, -0.1) is 0 Å². The van der Waals surface area contributed by atoms with Gasteiger partial charge < -0.3 is 0 Å². The predicted octanol–water partition coefficient (Wildman–Crippen LogP) is 3.37. The number of ketones is 1. The third-order valence-corrected chi connectivity index (χ3v) is 3.76. The van der Waals surface area contributed by atoms with Crippen molar-refractivity contribution >= 4 is 33.3 Å². The van der Waals surface area contributed by atoms with E-state index >= 15 is 0 Å². The summed E-state index contributed by atoms with van der Waals surface area (Å²) in [5.41, 5.74) is 1.61. The van der Waals surface area contributed by atoms with Gasteiger partial charge in [-0.25, -0.2) is 9.97 Å². The number of aromatic nitrogens is 4. The monoisotopic (exact) mass is 376 g/mol. The van der Waals surface area contributed by atoms with Gasteiger partial charge in [0.05, 0.1) is 17.1 Å². The maximum atomic E-state index is 12.3. The van der Waals surface area contributed by atoms with Gasteiger partial charge in [-0.1, -0.05) is 39.7 Å². The molecular formula is C15H10BrClN4O.